The molecule has 302 valence electrons. The van der Waals surface area contributed by atoms with Crippen LogP contribution in [-0.4, -0.2) is 21.8 Å². The fraction of sp³-hybridized carbons (Fsp3) is 0.102. The zero-order valence-electron chi connectivity index (χ0n) is 35.7. The lowest BCUT2D eigenvalue weighted by Crippen LogP contribution is -2.42. The summed E-state index contributed by atoms with van der Waals surface area (Å²) in [6, 6.07) is 76.0. The van der Waals surface area contributed by atoms with Crippen LogP contribution in [0.25, 0.3) is 61.0 Å². The number of nitrogens with zero attached hydrogens (tertiary/aromatic N) is 4. The van der Waals surface area contributed by atoms with Gasteiger partial charge in [-0.3, -0.25) is 4.57 Å². The summed E-state index contributed by atoms with van der Waals surface area (Å²) in [5.74, 6) is 0.887. The quantitative estimate of drug-likeness (QED) is 0.167. The lowest BCUT2D eigenvalue weighted by Gasteiger charge is -2.36. The van der Waals surface area contributed by atoms with Crippen molar-refractivity contribution in [3.05, 3.63) is 235 Å². The molecule has 0 N–H and O–H groups in total. The van der Waals surface area contributed by atoms with E-state index in [0.717, 1.165) is 29.1 Å². The minimum atomic E-state index is -0.606. The lowest BCUT2D eigenvalue weighted by molar-refractivity contribution is 0.518. The highest BCUT2D eigenvalue weighted by atomic mass is 15.4. The lowest BCUT2D eigenvalue weighted by atomic mass is 9.67. The van der Waals surface area contributed by atoms with Crippen molar-refractivity contribution < 1.29 is 0 Å². The molecule has 63 heavy (non-hydrogen) atoms. The average Bonchev–Trinajstić information content (AvgIpc) is 3.99. The Hall–Kier alpha value is -7.69. The molecule has 0 radical (unpaired) electrons. The van der Waals surface area contributed by atoms with Crippen molar-refractivity contribution in [3.63, 3.8) is 0 Å². The van der Waals surface area contributed by atoms with Gasteiger partial charge in [0, 0.05) is 28.2 Å². The van der Waals surface area contributed by atoms with Crippen LogP contribution in [0.3, 0.4) is 0 Å². The summed E-state index contributed by atoms with van der Waals surface area (Å²) >= 11 is 0. The van der Waals surface area contributed by atoms with E-state index in [1.165, 1.54) is 77.9 Å². The topological polar surface area (TPSA) is 24.3 Å². The van der Waals surface area contributed by atoms with Gasteiger partial charge in [-0.2, -0.15) is 0 Å². The van der Waals surface area contributed by atoms with Crippen molar-refractivity contribution >= 4 is 38.9 Å². The van der Waals surface area contributed by atoms with Crippen LogP contribution in [0.5, 0.6) is 0 Å². The number of hydrogen-bond donors (Lipinski definition) is 0. The summed E-state index contributed by atoms with van der Waals surface area (Å²) in [5, 5.41) is 2.40. The number of rotatable bonds is 6. The molecular weight excluding hydrogens is 765 g/mol. The van der Waals surface area contributed by atoms with Crippen LogP contribution >= 0.6 is 0 Å². The third-order valence-corrected chi connectivity index (χ3v) is 13.5. The van der Waals surface area contributed by atoms with Gasteiger partial charge in [0.1, 0.15) is 5.82 Å². The average molecular weight is 811 g/mol. The Kier molecular flexibility index (Phi) is 8.35. The van der Waals surface area contributed by atoms with Gasteiger partial charge in [0.05, 0.1) is 34.5 Å². The SMILES string of the molecule is CC(C)(C)N1CN(c2cccc(C3(c4ccc5c6ccccc6n(-c6cc(-c7ccccc7-c7ccccc7)ccn6)c5c4)c4ccccc4-c4ccccc43)c2)c2ccccc21. The maximum Gasteiger partial charge on any atom is 0.138 e. The minimum Gasteiger partial charge on any atom is -0.347 e. The molecule has 0 fully saturated rings. The first kappa shape index (κ1) is 37.1. The standard InChI is InChI=1S/C59H46N4/c1-58(2,3)62-39-61(54-30-15-16-31-55(54)62)44-21-17-20-42(37-44)59(51-27-12-9-24-47(51)48-25-10-13-28-52(48)59)43-32-33-50-49-26-11-14-29-53(49)63(56(50)38-43)57-36-41(34-35-60-57)46-23-8-7-22-45(46)40-18-5-4-6-19-40/h4-38H,39H2,1-3H3. The Labute approximate surface area is 369 Å². The molecular formula is C59H46N4. The number of aromatic nitrogens is 2. The number of anilines is 3. The number of benzene rings is 8. The van der Waals surface area contributed by atoms with Crippen LogP contribution in [0.15, 0.2) is 212 Å². The van der Waals surface area contributed by atoms with E-state index in [0.29, 0.717) is 0 Å². The highest BCUT2D eigenvalue weighted by Gasteiger charge is 2.46. The second kappa shape index (κ2) is 14.2. The molecule has 12 rings (SSSR count). The number of fused-ring (bicyclic) bond motifs is 7. The van der Waals surface area contributed by atoms with Gasteiger partial charge in [0.25, 0.3) is 0 Å². The summed E-state index contributed by atoms with van der Waals surface area (Å²) in [6.07, 6.45) is 1.96. The molecule has 1 aliphatic heterocycles. The van der Waals surface area contributed by atoms with Crippen LogP contribution in [0.2, 0.25) is 0 Å². The van der Waals surface area contributed by atoms with Gasteiger partial charge in [0.2, 0.25) is 0 Å². The first-order chi connectivity index (χ1) is 30.9. The fourth-order valence-electron chi connectivity index (χ4n) is 10.7. The van der Waals surface area contributed by atoms with E-state index in [1.807, 2.05) is 6.20 Å². The molecule has 10 aromatic rings. The highest BCUT2D eigenvalue weighted by Crippen LogP contribution is 2.57. The van der Waals surface area contributed by atoms with Crippen molar-refractivity contribution in [1.82, 2.24) is 9.55 Å². The molecule has 0 unspecified atom stereocenters. The van der Waals surface area contributed by atoms with Crippen LogP contribution in [0.1, 0.15) is 43.0 Å². The van der Waals surface area contributed by atoms with Crippen LogP contribution in [0.4, 0.5) is 17.1 Å². The summed E-state index contributed by atoms with van der Waals surface area (Å²) in [5.41, 5.74) is 17.6. The van der Waals surface area contributed by atoms with Crippen molar-refractivity contribution in [1.29, 1.82) is 0 Å². The van der Waals surface area contributed by atoms with E-state index in [1.54, 1.807) is 0 Å². The Morgan fingerprint density at radius 2 is 1.06 bits per heavy atom. The Morgan fingerprint density at radius 3 is 1.81 bits per heavy atom. The van der Waals surface area contributed by atoms with Gasteiger partial charge in [-0.25, -0.2) is 4.98 Å². The summed E-state index contributed by atoms with van der Waals surface area (Å²) in [4.78, 5) is 10.1. The number of pyridine rings is 1. The van der Waals surface area contributed by atoms with Gasteiger partial charge in [0.15, 0.2) is 0 Å². The first-order valence-corrected chi connectivity index (χ1v) is 22.0. The van der Waals surface area contributed by atoms with Crippen molar-refractivity contribution in [3.8, 4) is 39.2 Å². The molecule has 4 heteroatoms. The van der Waals surface area contributed by atoms with Gasteiger partial charge < -0.3 is 9.80 Å². The molecule has 0 spiro atoms. The largest absolute Gasteiger partial charge is 0.347 e. The molecule has 0 bridgehead atoms. The molecule has 0 amide bonds. The third kappa shape index (κ3) is 5.64. The zero-order valence-corrected chi connectivity index (χ0v) is 35.7. The van der Waals surface area contributed by atoms with Crippen LogP contribution < -0.4 is 9.80 Å². The normalized spacial score (nSPS) is 14.0. The van der Waals surface area contributed by atoms with Gasteiger partial charge in [-0.1, -0.05) is 158 Å². The molecule has 4 nitrogen and oxygen atoms in total. The van der Waals surface area contributed by atoms with E-state index in [9.17, 15) is 0 Å². The molecule has 1 aliphatic carbocycles. The zero-order chi connectivity index (χ0) is 42.3. The second-order valence-electron chi connectivity index (χ2n) is 17.9. The predicted octanol–water partition coefficient (Wildman–Crippen LogP) is 14.6. The van der Waals surface area contributed by atoms with Crippen molar-refractivity contribution in [2.75, 3.05) is 16.5 Å². The van der Waals surface area contributed by atoms with Gasteiger partial charge >= 0.3 is 0 Å². The molecule has 0 saturated carbocycles. The highest BCUT2D eigenvalue weighted by molar-refractivity contribution is 6.09. The molecule has 3 heterocycles. The molecule has 2 aliphatic rings. The van der Waals surface area contributed by atoms with Crippen LogP contribution in [-0.2, 0) is 5.41 Å². The van der Waals surface area contributed by atoms with E-state index >= 15 is 0 Å². The Balaban J connectivity index is 1.09. The first-order valence-electron chi connectivity index (χ1n) is 22.0. The monoisotopic (exact) mass is 810 g/mol. The van der Waals surface area contributed by atoms with Gasteiger partial charge in [-0.05, 0) is 125 Å². The Morgan fingerprint density at radius 1 is 0.460 bits per heavy atom. The van der Waals surface area contributed by atoms with Crippen molar-refractivity contribution in [2.24, 2.45) is 0 Å². The number of hydrogen-bond acceptors (Lipinski definition) is 3. The van der Waals surface area contributed by atoms with Crippen molar-refractivity contribution in [2.45, 2.75) is 31.7 Å². The number of para-hydroxylation sites is 3. The van der Waals surface area contributed by atoms with Gasteiger partial charge in [-0.15, -0.1) is 0 Å². The molecule has 8 aromatic carbocycles. The summed E-state index contributed by atoms with van der Waals surface area (Å²) in [6.45, 7) is 7.68. The summed E-state index contributed by atoms with van der Waals surface area (Å²) in [7, 11) is 0. The Bertz CT molecular complexity index is 3340. The molecule has 0 saturated heterocycles. The van der Waals surface area contributed by atoms with E-state index in [4.69, 9.17) is 4.98 Å². The van der Waals surface area contributed by atoms with E-state index < -0.39 is 5.41 Å². The maximum absolute atomic E-state index is 5.14. The maximum atomic E-state index is 5.14. The van der Waals surface area contributed by atoms with Crippen LogP contribution in [0, 0.1) is 0 Å². The second-order valence-corrected chi connectivity index (χ2v) is 17.9. The molecule has 2 aromatic heterocycles. The van der Waals surface area contributed by atoms with E-state index in [-0.39, 0.29) is 5.54 Å². The predicted molar refractivity (Wildman–Crippen MR) is 262 cm³/mol. The minimum absolute atomic E-state index is 0.0411. The molecule has 0 atom stereocenters. The third-order valence-electron chi connectivity index (χ3n) is 13.5. The fourth-order valence-corrected chi connectivity index (χ4v) is 10.7. The van der Waals surface area contributed by atoms with E-state index in [2.05, 4.69) is 241 Å². The summed E-state index contributed by atoms with van der Waals surface area (Å²) < 4.78 is 2.38. The smallest absolute Gasteiger partial charge is 0.138 e.